The molecule has 16 heavy (non-hydrogen) atoms. The van der Waals surface area contributed by atoms with Crippen molar-refractivity contribution in [3.05, 3.63) is 0 Å². The van der Waals surface area contributed by atoms with Gasteiger partial charge in [-0.15, -0.1) is 0 Å². The van der Waals surface area contributed by atoms with Crippen LogP contribution in [-0.4, -0.2) is 38.0 Å². The van der Waals surface area contributed by atoms with Gasteiger partial charge in [0, 0.05) is 19.5 Å². The molecule has 0 radical (unpaired) electrons. The molecule has 0 aromatic rings. The zero-order valence-corrected chi connectivity index (χ0v) is 11.7. The Morgan fingerprint density at radius 3 is 2.00 bits per heavy atom. The van der Waals surface area contributed by atoms with Crippen molar-refractivity contribution in [1.29, 1.82) is 0 Å². The topological polar surface area (TPSA) is 32.3 Å². The lowest BCUT2D eigenvalue weighted by atomic mass is 9.85. The molecule has 96 valence electrons. The molecule has 0 aliphatic rings. The van der Waals surface area contributed by atoms with Crippen molar-refractivity contribution in [3.63, 3.8) is 0 Å². The summed E-state index contributed by atoms with van der Waals surface area (Å²) in [6.07, 6.45) is 0.593. The number of amides is 1. The van der Waals surface area contributed by atoms with Gasteiger partial charge in [0.2, 0.25) is 5.91 Å². The zero-order chi connectivity index (χ0) is 12.7. The first-order valence-corrected chi connectivity index (χ1v) is 6.26. The molecule has 0 atom stereocenters. The molecule has 0 aromatic carbocycles. The highest BCUT2D eigenvalue weighted by Crippen LogP contribution is 2.19. The van der Waals surface area contributed by atoms with E-state index in [1.165, 1.54) is 0 Å². The monoisotopic (exact) mass is 228 g/mol. The van der Waals surface area contributed by atoms with Gasteiger partial charge in [-0.2, -0.15) is 0 Å². The number of nitrogens with zero attached hydrogens (tertiary/aromatic N) is 1. The Labute approximate surface area is 101 Å². The van der Waals surface area contributed by atoms with Crippen LogP contribution in [0.3, 0.4) is 0 Å². The van der Waals surface area contributed by atoms with Gasteiger partial charge in [-0.3, -0.25) is 4.79 Å². The van der Waals surface area contributed by atoms with Crippen molar-refractivity contribution in [3.8, 4) is 0 Å². The van der Waals surface area contributed by atoms with Gasteiger partial charge in [-0.05, 0) is 31.8 Å². The fourth-order valence-corrected chi connectivity index (χ4v) is 1.89. The first-order valence-electron chi connectivity index (χ1n) is 6.26. The van der Waals surface area contributed by atoms with Gasteiger partial charge in [0.05, 0.1) is 0 Å². The van der Waals surface area contributed by atoms with E-state index in [2.05, 4.69) is 33.0 Å². The van der Waals surface area contributed by atoms with Crippen LogP contribution in [0.1, 0.15) is 34.1 Å². The summed E-state index contributed by atoms with van der Waals surface area (Å²) in [6, 6.07) is 0. The highest BCUT2D eigenvalue weighted by Gasteiger charge is 2.17. The van der Waals surface area contributed by atoms with Crippen molar-refractivity contribution in [2.75, 3.05) is 27.2 Å². The summed E-state index contributed by atoms with van der Waals surface area (Å²) in [7, 11) is 3.97. The Morgan fingerprint density at radius 1 is 1.12 bits per heavy atom. The quantitative estimate of drug-likeness (QED) is 0.722. The second-order valence-corrected chi connectivity index (χ2v) is 5.51. The molecule has 0 aliphatic heterocycles. The smallest absolute Gasteiger partial charge is 0.221 e. The van der Waals surface area contributed by atoms with Gasteiger partial charge in [0.25, 0.3) is 0 Å². The second-order valence-electron chi connectivity index (χ2n) is 5.51. The minimum Gasteiger partial charge on any atom is -0.356 e. The minimum absolute atomic E-state index is 0.167. The first kappa shape index (κ1) is 15.4. The molecule has 0 spiro atoms. The van der Waals surface area contributed by atoms with Gasteiger partial charge in [0.15, 0.2) is 0 Å². The van der Waals surface area contributed by atoms with Crippen LogP contribution < -0.4 is 5.32 Å². The summed E-state index contributed by atoms with van der Waals surface area (Å²) in [4.78, 5) is 13.6. The minimum atomic E-state index is 0.167. The standard InChI is InChI=1S/C13H28N2O/c1-10(2)12(11(3)4)9-14-13(16)7-8-15(5)6/h10-12H,7-9H2,1-6H3,(H,14,16). The van der Waals surface area contributed by atoms with Crippen molar-refractivity contribution < 1.29 is 4.79 Å². The van der Waals surface area contributed by atoms with E-state index in [1.54, 1.807) is 0 Å². The Morgan fingerprint density at radius 2 is 1.62 bits per heavy atom. The predicted octanol–water partition coefficient (Wildman–Crippen LogP) is 1.98. The molecule has 1 amide bonds. The maximum absolute atomic E-state index is 11.6. The van der Waals surface area contributed by atoms with E-state index in [4.69, 9.17) is 0 Å². The van der Waals surface area contributed by atoms with E-state index in [9.17, 15) is 4.79 Å². The maximum atomic E-state index is 11.6. The second kappa shape index (κ2) is 7.66. The first-order chi connectivity index (χ1) is 7.34. The summed E-state index contributed by atoms with van der Waals surface area (Å²) in [6.45, 7) is 10.5. The molecule has 0 heterocycles. The van der Waals surface area contributed by atoms with Crippen LogP contribution in [0.15, 0.2) is 0 Å². The third kappa shape index (κ3) is 6.83. The van der Waals surface area contributed by atoms with E-state index in [0.717, 1.165) is 13.1 Å². The molecule has 3 nitrogen and oxygen atoms in total. The molecule has 0 saturated carbocycles. The van der Waals surface area contributed by atoms with Crippen LogP contribution in [-0.2, 0) is 4.79 Å². The normalized spacial score (nSPS) is 11.9. The summed E-state index contributed by atoms with van der Waals surface area (Å²) in [5.41, 5.74) is 0. The number of hydrogen-bond donors (Lipinski definition) is 1. The van der Waals surface area contributed by atoms with Gasteiger partial charge < -0.3 is 10.2 Å². The SMILES string of the molecule is CC(C)C(CNC(=O)CCN(C)C)C(C)C. The number of nitrogens with one attached hydrogen (secondary N) is 1. The van der Waals surface area contributed by atoms with Crippen molar-refractivity contribution >= 4 is 5.91 Å². The average Bonchev–Trinajstić information content (AvgIpc) is 2.13. The van der Waals surface area contributed by atoms with Gasteiger partial charge >= 0.3 is 0 Å². The van der Waals surface area contributed by atoms with Gasteiger partial charge in [-0.1, -0.05) is 27.7 Å². The summed E-state index contributed by atoms with van der Waals surface area (Å²) in [5, 5.41) is 3.04. The largest absolute Gasteiger partial charge is 0.356 e. The lowest BCUT2D eigenvalue weighted by Gasteiger charge is -2.25. The molecule has 0 fully saturated rings. The number of carbonyl (C=O) groups excluding carboxylic acids is 1. The van der Waals surface area contributed by atoms with Crippen LogP contribution in [0.2, 0.25) is 0 Å². The van der Waals surface area contributed by atoms with Crippen LogP contribution in [0, 0.1) is 17.8 Å². The van der Waals surface area contributed by atoms with E-state index in [-0.39, 0.29) is 5.91 Å². The summed E-state index contributed by atoms with van der Waals surface area (Å²) >= 11 is 0. The lowest BCUT2D eigenvalue weighted by Crippen LogP contribution is -2.35. The fraction of sp³-hybridized carbons (Fsp3) is 0.923. The molecular weight excluding hydrogens is 200 g/mol. The van der Waals surface area contributed by atoms with Crippen molar-refractivity contribution in [1.82, 2.24) is 10.2 Å². The number of hydrogen-bond acceptors (Lipinski definition) is 2. The van der Waals surface area contributed by atoms with E-state index in [1.807, 2.05) is 19.0 Å². The van der Waals surface area contributed by atoms with Gasteiger partial charge in [-0.25, -0.2) is 0 Å². The highest BCUT2D eigenvalue weighted by molar-refractivity contribution is 5.76. The van der Waals surface area contributed by atoms with E-state index < -0.39 is 0 Å². The molecule has 3 heteroatoms. The van der Waals surface area contributed by atoms with Gasteiger partial charge in [0.1, 0.15) is 0 Å². The third-order valence-electron chi connectivity index (χ3n) is 3.03. The molecule has 0 bridgehead atoms. The maximum Gasteiger partial charge on any atom is 0.221 e. The number of carbonyl (C=O) groups is 1. The Hall–Kier alpha value is -0.570. The zero-order valence-electron chi connectivity index (χ0n) is 11.7. The fourth-order valence-electron chi connectivity index (χ4n) is 1.89. The van der Waals surface area contributed by atoms with Crippen LogP contribution >= 0.6 is 0 Å². The lowest BCUT2D eigenvalue weighted by molar-refractivity contribution is -0.121. The predicted molar refractivity (Wildman–Crippen MR) is 69.3 cm³/mol. The van der Waals surface area contributed by atoms with Crippen molar-refractivity contribution in [2.24, 2.45) is 17.8 Å². The molecule has 0 aliphatic carbocycles. The molecular formula is C13H28N2O. The Balaban J connectivity index is 3.88. The van der Waals surface area contributed by atoms with Crippen LogP contribution in [0.5, 0.6) is 0 Å². The highest BCUT2D eigenvalue weighted by atomic mass is 16.1. The summed E-state index contributed by atoms with van der Waals surface area (Å²) < 4.78 is 0. The molecule has 0 rings (SSSR count). The van der Waals surface area contributed by atoms with Crippen LogP contribution in [0.4, 0.5) is 0 Å². The van der Waals surface area contributed by atoms with E-state index >= 15 is 0 Å². The molecule has 0 aromatic heterocycles. The molecule has 1 N–H and O–H groups in total. The number of rotatable bonds is 7. The molecule has 0 saturated heterocycles. The van der Waals surface area contributed by atoms with Crippen molar-refractivity contribution in [2.45, 2.75) is 34.1 Å². The van der Waals surface area contributed by atoms with E-state index in [0.29, 0.717) is 24.2 Å². The molecule has 0 unspecified atom stereocenters. The Kier molecular flexibility index (Phi) is 7.39. The average molecular weight is 228 g/mol. The van der Waals surface area contributed by atoms with Crippen LogP contribution in [0.25, 0.3) is 0 Å². The summed E-state index contributed by atoms with van der Waals surface area (Å²) in [5.74, 6) is 1.98. The third-order valence-corrected chi connectivity index (χ3v) is 3.03. The Bertz CT molecular complexity index is 192.